The van der Waals surface area contributed by atoms with Crippen LogP contribution in [0, 0.1) is 15.9 Å². The molecule has 108 valence electrons. The van der Waals surface area contributed by atoms with E-state index in [0.717, 1.165) is 6.07 Å². The number of halogens is 2. The standard InChI is InChI=1S/C13H14ClFN2O3/c1-16(8-2-4-9(18)5-3-8)12-6-10(14)11(15)7-13(12)17(19)20/h6-8H,2-5H2,1H3. The largest absolute Gasteiger partial charge is 0.366 e. The van der Waals surface area contributed by atoms with Gasteiger partial charge in [0.05, 0.1) is 16.0 Å². The minimum atomic E-state index is -0.811. The minimum Gasteiger partial charge on any atom is -0.366 e. The maximum atomic E-state index is 13.4. The van der Waals surface area contributed by atoms with E-state index < -0.39 is 10.7 Å². The second-order valence-electron chi connectivity index (χ2n) is 4.89. The third-order valence-electron chi connectivity index (χ3n) is 3.65. The zero-order valence-electron chi connectivity index (χ0n) is 10.9. The SMILES string of the molecule is CN(c1cc(Cl)c(F)cc1[N+](=O)[O-])C1CCC(=O)CC1. The van der Waals surface area contributed by atoms with Gasteiger partial charge in [0.15, 0.2) is 0 Å². The normalized spacial score (nSPS) is 16.2. The molecule has 0 aliphatic heterocycles. The number of Topliss-reactive ketones (excluding diaryl/α,β-unsaturated/α-hetero) is 1. The Bertz CT molecular complexity index is 555. The molecule has 0 unspecified atom stereocenters. The van der Waals surface area contributed by atoms with E-state index in [1.54, 1.807) is 11.9 Å². The Morgan fingerprint density at radius 2 is 2.00 bits per heavy atom. The highest BCUT2D eigenvalue weighted by molar-refractivity contribution is 6.31. The van der Waals surface area contributed by atoms with Crippen molar-refractivity contribution >= 4 is 28.8 Å². The molecular formula is C13H14ClFN2O3. The van der Waals surface area contributed by atoms with E-state index in [1.165, 1.54) is 6.07 Å². The van der Waals surface area contributed by atoms with Crippen molar-refractivity contribution in [1.82, 2.24) is 0 Å². The van der Waals surface area contributed by atoms with Crippen LogP contribution in [0.5, 0.6) is 0 Å². The van der Waals surface area contributed by atoms with Gasteiger partial charge in [-0.15, -0.1) is 0 Å². The molecule has 1 aliphatic carbocycles. The van der Waals surface area contributed by atoms with Gasteiger partial charge < -0.3 is 4.90 Å². The molecule has 1 saturated carbocycles. The Morgan fingerprint density at radius 3 is 2.55 bits per heavy atom. The summed E-state index contributed by atoms with van der Waals surface area (Å²) < 4.78 is 13.4. The molecule has 0 bridgehead atoms. The first-order valence-corrected chi connectivity index (χ1v) is 6.66. The number of carbonyl (C=O) groups excluding carboxylic acids is 1. The van der Waals surface area contributed by atoms with E-state index >= 15 is 0 Å². The number of carbonyl (C=O) groups is 1. The monoisotopic (exact) mass is 300 g/mol. The van der Waals surface area contributed by atoms with Crippen LogP contribution < -0.4 is 4.90 Å². The first-order chi connectivity index (χ1) is 9.40. The number of rotatable bonds is 3. The molecule has 2 rings (SSSR count). The Kier molecular flexibility index (Phi) is 4.23. The number of benzene rings is 1. The molecule has 0 heterocycles. The van der Waals surface area contributed by atoms with Crippen molar-refractivity contribution in [1.29, 1.82) is 0 Å². The van der Waals surface area contributed by atoms with Gasteiger partial charge in [-0.25, -0.2) is 4.39 Å². The van der Waals surface area contributed by atoms with Gasteiger partial charge in [-0.05, 0) is 18.9 Å². The summed E-state index contributed by atoms with van der Waals surface area (Å²) >= 11 is 5.72. The molecular weight excluding hydrogens is 287 g/mol. The van der Waals surface area contributed by atoms with Gasteiger partial charge in [-0.3, -0.25) is 14.9 Å². The summed E-state index contributed by atoms with van der Waals surface area (Å²) in [5.74, 6) is -0.601. The summed E-state index contributed by atoms with van der Waals surface area (Å²) in [6, 6.07) is 2.13. The number of ketones is 1. The third-order valence-corrected chi connectivity index (χ3v) is 3.94. The lowest BCUT2D eigenvalue weighted by Gasteiger charge is -2.32. The van der Waals surface area contributed by atoms with Crippen LogP contribution in [0.15, 0.2) is 12.1 Å². The van der Waals surface area contributed by atoms with Crippen molar-refractivity contribution in [2.75, 3.05) is 11.9 Å². The van der Waals surface area contributed by atoms with Crippen LogP contribution in [0.25, 0.3) is 0 Å². The average Bonchev–Trinajstić information content (AvgIpc) is 2.41. The predicted octanol–water partition coefficient (Wildman–Crippen LogP) is 3.34. The number of anilines is 1. The Balaban J connectivity index is 2.33. The van der Waals surface area contributed by atoms with Crippen LogP contribution in [0.3, 0.4) is 0 Å². The molecule has 0 N–H and O–H groups in total. The van der Waals surface area contributed by atoms with Crippen LogP contribution in [0.1, 0.15) is 25.7 Å². The second kappa shape index (κ2) is 5.75. The smallest absolute Gasteiger partial charge is 0.295 e. The lowest BCUT2D eigenvalue weighted by Crippen LogP contribution is -2.35. The summed E-state index contributed by atoms with van der Waals surface area (Å²) in [6.07, 6.45) is 2.22. The van der Waals surface area contributed by atoms with E-state index in [9.17, 15) is 19.3 Å². The average molecular weight is 301 g/mol. The molecule has 1 aromatic carbocycles. The fourth-order valence-electron chi connectivity index (χ4n) is 2.46. The lowest BCUT2D eigenvalue weighted by molar-refractivity contribution is -0.384. The van der Waals surface area contributed by atoms with E-state index in [0.29, 0.717) is 25.7 Å². The van der Waals surface area contributed by atoms with E-state index in [1.807, 2.05) is 0 Å². The lowest BCUT2D eigenvalue weighted by atomic mass is 9.93. The number of hydrogen-bond acceptors (Lipinski definition) is 4. The van der Waals surface area contributed by atoms with Crippen molar-refractivity contribution < 1.29 is 14.1 Å². The predicted molar refractivity (Wildman–Crippen MR) is 73.7 cm³/mol. The number of nitrogens with zero attached hydrogens (tertiary/aromatic N) is 2. The highest BCUT2D eigenvalue weighted by Gasteiger charge is 2.27. The molecule has 0 saturated heterocycles. The van der Waals surface area contributed by atoms with Crippen LogP contribution in [-0.2, 0) is 4.79 Å². The quantitative estimate of drug-likeness (QED) is 0.634. The summed E-state index contributed by atoms with van der Waals surface area (Å²) in [5, 5.41) is 10.9. The maximum Gasteiger partial charge on any atom is 0.295 e. The highest BCUT2D eigenvalue weighted by atomic mass is 35.5. The van der Waals surface area contributed by atoms with E-state index in [2.05, 4.69) is 0 Å². The van der Waals surface area contributed by atoms with Crippen molar-refractivity contribution in [2.45, 2.75) is 31.7 Å². The van der Waals surface area contributed by atoms with Crippen LogP contribution in [-0.4, -0.2) is 23.8 Å². The topological polar surface area (TPSA) is 63.4 Å². The van der Waals surface area contributed by atoms with E-state index in [-0.39, 0.29) is 28.2 Å². The summed E-state index contributed by atoms with van der Waals surface area (Å²) in [6.45, 7) is 0. The zero-order valence-corrected chi connectivity index (χ0v) is 11.7. The fraction of sp³-hybridized carbons (Fsp3) is 0.462. The van der Waals surface area contributed by atoms with Gasteiger partial charge in [0, 0.05) is 25.9 Å². The third kappa shape index (κ3) is 2.90. The van der Waals surface area contributed by atoms with Crippen LogP contribution in [0.2, 0.25) is 5.02 Å². The van der Waals surface area contributed by atoms with Gasteiger partial charge in [-0.2, -0.15) is 0 Å². The number of hydrogen-bond donors (Lipinski definition) is 0. The number of nitro groups is 1. The van der Waals surface area contributed by atoms with Crippen LogP contribution in [0.4, 0.5) is 15.8 Å². The van der Waals surface area contributed by atoms with Crippen LogP contribution >= 0.6 is 11.6 Å². The molecule has 5 nitrogen and oxygen atoms in total. The summed E-state index contributed by atoms with van der Waals surface area (Å²) in [5.41, 5.74) is -0.0351. The van der Waals surface area contributed by atoms with Gasteiger partial charge in [0.25, 0.3) is 5.69 Å². The summed E-state index contributed by atoms with van der Waals surface area (Å²) in [4.78, 5) is 23.4. The van der Waals surface area contributed by atoms with E-state index in [4.69, 9.17) is 11.6 Å². The molecule has 1 fully saturated rings. The molecule has 0 amide bonds. The Morgan fingerprint density at radius 1 is 1.40 bits per heavy atom. The second-order valence-corrected chi connectivity index (χ2v) is 5.30. The molecule has 0 atom stereocenters. The Labute approximate surface area is 120 Å². The molecule has 0 aromatic heterocycles. The van der Waals surface area contributed by atoms with Crippen molar-refractivity contribution in [2.24, 2.45) is 0 Å². The van der Waals surface area contributed by atoms with Gasteiger partial charge in [0.1, 0.15) is 17.3 Å². The van der Waals surface area contributed by atoms with Crippen molar-refractivity contribution in [3.63, 3.8) is 0 Å². The molecule has 0 radical (unpaired) electrons. The molecule has 0 spiro atoms. The maximum absolute atomic E-state index is 13.4. The number of nitro benzene ring substituents is 1. The highest BCUT2D eigenvalue weighted by Crippen LogP contribution is 2.35. The van der Waals surface area contributed by atoms with Gasteiger partial charge in [-0.1, -0.05) is 11.6 Å². The molecule has 20 heavy (non-hydrogen) atoms. The molecule has 7 heteroatoms. The van der Waals surface area contributed by atoms with Crippen molar-refractivity contribution in [3.05, 3.63) is 33.1 Å². The first-order valence-electron chi connectivity index (χ1n) is 6.28. The Hall–Kier alpha value is -1.69. The molecule has 1 aliphatic rings. The fourth-order valence-corrected chi connectivity index (χ4v) is 2.62. The minimum absolute atomic E-state index is 0.0212. The summed E-state index contributed by atoms with van der Waals surface area (Å²) in [7, 11) is 1.71. The molecule has 1 aromatic rings. The zero-order chi connectivity index (χ0) is 14.9. The first kappa shape index (κ1) is 14.7. The van der Waals surface area contributed by atoms with Gasteiger partial charge >= 0.3 is 0 Å². The van der Waals surface area contributed by atoms with Gasteiger partial charge in [0.2, 0.25) is 0 Å². The van der Waals surface area contributed by atoms with Crippen molar-refractivity contribution in [3.8, 4) is 0 Å².